The molecule has 0 spiro atoms. The van der Waals surface area contributed by atoms with Crippen LogP contribution >= 0.6 is 0 Å². The predicted octanol–water partition coefficient (Wildman–Crippen LogP) is 11.8. The number of nitrogens with one attached hydrogen (secondary N) is 1. The number of allylic oxidation sites excluding steroid dienone is 3. The smallest absolute Gasteiger partial charge is 0.297 e. The van der Waals surface area contributed by atoms with E-state index in [1.54, 1.807) is 0 Å². The summed E-state index contributed by atoms with van der Waals surface area (Å²) in [6, 6.07) is 16.7. The van der Waals surface area contributed by atoms with Gasteiger partial charge in [0.2, 0.25) is 5.75 Å². The van der Waals surface area contributed by atoms with Crippen molar-refractivity contribution in [3.8, 4) is 11.5 Å². The summed E-state index contributed by atoms with van der Waals surface area (Å²) in [7, 11) is 0. The van der Waals surface area contributed by atoms with Crippen LogP contribution in [0.1, 0.15) is 130 Å². The second-order valence-electron chi connectivity index (χ2n) is 13.3. The van der Waals surface area contributed by atoms with Crippen molar-refractivity contribution in [1.82, 2.24) is 4.57 Å². The number of rotatable bonds is 24. The third-order valence-electron chi connectivity index (χ3n) is 8.75. The Morgan fingerprint density at radius 1 is 0.766 bits per heavy atom. The van der Waals surface area contributed by atoms with Crippen LogP contribution in [-0.4, -0.2) is 17.8 Å². The third-order valence-corrected chi connectivity index (χ3v) is 8.75. The van der Waals surface area contributed by atoms with Crippen LogP contribution in [0, 0.1) is 0 Å². The number of pyridine rings is 1. The van der Waals surface area contributed by atoms with Gasteiger partial charge in [-0.25, -0.2) is 0 Å². The Bertz CT molecular complexity index is 1430. The molecule has 5 nitrogen and oxygen atoms in total. The first-order valence-electron chi connectivity index (χ1n) is 18.5. The average molecular weight is 643 g/mol. The largest absolute Gasteiger partial charge is 0.485 e. The fourth-order valence-electron chi connectivity index (χ4n) is 5.87. The van der Waals surface area contributed by atoms with Gasteiger partial charge in [0, 0.05) is 24.2 Å². The highest BCUT2D eigenvalue weighted by Gasteiger charge is 2.20. The summed E-state index contributed by atoms with van der Waals surface area (Å²) in [5.74, 6) is 0.927. The van der Waals surface area contributed by atoms with Crippen LogP contribution in [0.4, 0.5) is 5.69 Å². The van der Waals surface area contributed by atoms with Crippen LogP contribution in [0.2, 0.25) is 0 Å². The summed E-state index contributed by atoms with van der Waals surface area (Å²) < 4.78 is 14.8. The summed E-state index contributed by atoms with van der Waals surface area (Å²) in [5.41, 5.74) is 5.63. The zero-order chi connectivity index (χ0) is 33.7. The maximum atomic E-state index is 14.3. The van der Waals surface area contributed by atoms with Gasteiger partial charge in [0.25, 0.3) is 5.56 Å². The van der Waals surface area contributed by atoms with Gasteiger partial charge >= 0.3 is 0 Å². The van der Waals surface area contributed by atoms with Gasteiger partial charge < -0.3 is 19.4 Å². The maximum absolute atomic E-state index is 14.3. The molecule has 2 aromatic carbocycles. The van der Waals surface area contributed by atoms with E-state index < -0.39 is 0 Å². The number of nitrogens with zero attached hydrogens (tertiary/aromatic N) is 1. The van der Waals surface area contributed by atoms with E-state index in [-0.39, 0.29) is 5.56 Å². The Kier molecular flexibility index (Phi) is 17.9. The van der Waals surface area contributed by atoms with Crippen LogP contribution in [0.15, 0.2) is 76.6 Å². The van der Waals surface area contributed by atoms with Gasteiger partial charge in [-0.3, -0.25) is 4.79 Å². The molecule has 0 saturated carbocycles. The minimum absolute atomic E-state index is 0.0866. The zero-order valence-corrected chi connectivity index (χ0v) is 30.2. The van der Waals surface area contributed by atoms with E-state index in [0.29, 0.717) is 37.8 Å². The molecule has 0 aliphatic heterocycles. The molecule has 0 fully saturated rings. The normalized spacial score (nSPS) is 11.6. The number of hydrogen-bond donors (Lipinski definition) is 1. The van der Waals surface area contributed by atoms with Crippen LogP contribution in [0.3, 0.4) is 0 Å². The number of anilines is 1. The van der Waals surface area contributed by atoms with Gasteiger partial charge in [-0.1, -0.05) is 126 Å². The highest BCUT2D eigenvalue weighted by atomic mass is 16.5. The van der Waals surface area contributed by atoms with Crippen molar-refractivity contribution < 1.29 is 9.47 Å². The van der Waals surface area contributed by atoms with Gasteiger partial charge in [-0.05, 0) is 76.3 Å². The van der Waals surface area contributed by atoms with Crippen molar-refractivity contribution in [1.29, 1.82) is 0 Å². The molecule has 1 N–H and O–H groups in total. The lowest BCUT2D eigenvalue weighted by atomic mass is 10.1. The summed E-state index contributed by atoms with van der Waals surface area (Å²) in [6.45, 7) is 13.2. The number of ether oxygens (including phenoxy) is 2. The fourth-order valence-corrected chi connectivity index (χ4v) is 5.87. The number of fused-ring (bicyclic) bond motifs is 1. The quantitative estimate of drug-likeness (QED) is 0.0780. The van der Waals surface area contributed by atoms with Crippen molar-refractivity contribution in [2.75, 3.05) is 18.5 Å². The van der Waals surface area contributed by atoms with E-state index in [4.69, 9.17) is 9.47 Å². The number of hydrogen-bond acceptors (Lipinski definition) is 4. The highest BCUT2D eigenvalue weighted by Crippen LogP contribution is 2.35. The molecule has 0 saturated heterocycles. The Morgan fingerprint density at radius 2 is 1.45 bits per heavy atom. The van der Waals surface area contributed by atoms with Crippen molar-refractivity contribution in [3.63, 3.8) is 0 Å². The van der Waals surface area contributed by atoms with Crippen LogP contribution in [0.5, 0.6) is 11.5 Å². The highest BCUT2D eigenvalue weighted by molar-refractivity contribution is 5.90. The molecule has 0 aliphatic rings. The minimum Gasteiger partial charge on any atom is -0.485 e. The molecule has 258 valence electrons. The average Bonchev–Trinajstić information content (AvgIpc) is 3.07. The lowest BCUT2D eigenvalue weighted by Gasteiger charge is -2.19. The molecule has 0 bridgehead atoms. The van der Waals surface area contributed by atoms with Crippen molar-refractivity contribution >= 4 is 16.6 Å². The Balaban J connectivity index is 1.94. The Morgan fingerprint density at radius 3 is 2.15 bits per heavy atom. The first-order valence-corrected chi connectivity index (χ1v) is 18.5. The molecule has 0 amide bonds. The van der Waals surface area contributed by atoms with Gasteiger partial charge in [0.15, 0.2) is 5.75 Å². The van der Waals surface area contributed by atoms with E-state index >= 15 is 0 Å². The second kappa shape index (κ2) is 22.2. The minimum atomic E-state index is -0.0866. The van der Waals surface area contributed by atoms with Crippen molar-refractivity contribution in [3.05, 3.63) is 87.7 Å². The van der Waals surface area contributed by atoms with Crippen molar-refractivity contribution in [2.45, 2.75) is 138 Å². The SMILES string of the molecule is CCCCCCCCOc1c(OC/C=C(\C)CCC=C(C)C)c2ccc(NCc3ccccc3)cc2n(CCCCCCCC)c1=O. The lowest BCUT2D eigenvalue weighted by molar-refractivity contribution is 0.271. The predicted molar refractivity (Wildman–Crippen MR) is 202 cm³/mol. The van der Waals surface area contributed by atoms with E-state index in [2.05, 4.69) is 94.6 Å². The van der Waals surface area contributed by atoms with Crippen LogP contribution in [-0.2, 0) is 13.1 Å². The molecule has 0 radical (unpaired) electrons. The molecular weight excluding hydrogens is 580 g/mol. The number of aromatic nitrogens is 1. The molecule has 1 aromatic heterocycles. The molecule has 3 aromatic rings. The summed E-state index contributed by atoms with van der Waals surface area (Å²) >= 11 is 0. The lowest BCUT2D eigenvalue weighted by Crippen LogP contribution is -2.24. The maximum Gasteiger partial charge on any atom is 0.297 e. The van der Waals surface area contributed by atoms with Gasteiger partial charge in [0.1, 0.15) is 6.61 Å². The number of unbranched alkanes of at least 4 members (excludes halogenated alkanes) is 10. The first-order chi connectivity index (χ1) is 22.9. The molecule has 3 rings (SSSR count). The van der Waals surface area contributed by atoms with Crippen LogP contribution < -0.4 is 20.3 Å². The Labute approximate surface area is 285 Å². The first kappa shape index (κ1) is 38.0. The Hall–Kier alpha value is -3.47. The summed E-state index contributed by atoms with van der Waals surface area (Å²) in [5, 5.41) is 4.50. The van der Waals surface area contributed by atoms with Gasteiger partial charge in [-0.15, -0.1) is 0 Å². The molecule has 1 heterocycles. The van der Waals surface area contributed by atoms with Crippen LogP contribution in [0.25, 0.3) is 10.9 Å². The summed E-state index contributed by atoms with van der Waals surface area (Å²) in [6.07, 6.45) is 20.5. The molecule has 0 atom stereocenters. The monoisotopic (exact) mass is 642 g/mol. The van der Waals surface area contributed by atoms with Crippen molar-refractivity contribution in [2.24, 2.45) is 0 Å². The standard InChI is InChI=1S/C42H62N2O3/c1-6-8-10-12-14-19-29-44-39-32-37(43-33-36-24-17-16-18-25-36)26-27-38(39)40(47-31-28-35(5)23-21-22-34(3)4)41(42(44)45)46-30-20-15-13-11-9-7-2/h16-18,22,24-28,32,43H,6-15,19-21,23,29-31,33H2,1-5H3/b35-28+. The van der Waals surface area contributed by atoms with E-state index in [1.165, 1.54) is 68.1 Å². The van der Waals surface area contributed by atoms with E-state index in [0.717, 1.165) is 55.1 Å². The van der Waals surface area contributed by atoms with E-state index in [1.807, 2.05) is 10.6 Å². The second-order valence-corrected chi connectivity index (χ2v) is 13.3. The third kappa shape index (κ3) is 13.7. The molecule has 0 unspecified atom stereocenters. The fraction of sp³-hybridized carbons (Fsp3) is 0.548. The number of benzene rings is 2. The van der Waals surface area contributed by atoms with E-state index in [9.17, 15) is 4.79 Å². The number of aryl methyl sites for hydroxylation is 1. The summed E-state index contributed by atoms with van der Waals surface area (Å²) in [4.78, 5) is 14.3. The van der Waals surface area contributed by atoms with Gasteiger partial charge in [-0.2, -0.15) is 0 Å². The van der Waals surface area contributed by atoms with Gasteiger partial charge in [0.05, 0.1) is 12.1 Å². The molecule has 47 heavy (non-hydrogen) atoms. The molecular formula is C42H62N2O3. The molecule has 5 heteroatoms. The molecule has 0 aliphatic carbocycles. The topological polar surface area (TPSA) is 52.5 Å². The zero-order valence-electron chi connectivity index (χ0n) is 30.2.